The Labute approximate surface area is 344 Å². The zero-order valence-electron chi connectivity index (χ0n) is 33.3. The largest absolute Gasteiger partial charge is 0.457 e. The van der Waals surface area contributed by atoms with Crippen molar-refractivity contribution in [3.63, 3.8) is 0 Å². The average Bonchev–Trinajstić information content (AvgIpc) is 3.82. The SMILES string of the molecule is Cc1ccc(N=Cn2c3ccccc3c3ccc(Oc4cccc(-n5c[n+](-c6c(-c7ccccc7)cccc6-c6ccccc6)c6ccccc65)c4)cc32)c(C(C)C)c1. The van der Waals surface area contributed by atoms with E-state index >= 15 is 0 Å². The van der Waals surface area contributed by atoms with Gasteiger partial charge in [-0.3, -0.25) is 4.57 Å². The van der Waals surface area contributed by atoms with E-state index in [0.29, 0.717) is 5.92 Å². The maximum Gasteiger partial charge on any atom is 0.255 e. The topological polar surface area (TPSA) is 35.3 Å². The molecule has 0 bridgehead atoms. The fourth-order valence-electron chi connectivity index (χ4n) is 8.37. The fraction of sp³-hybridized carbons (Fsp3) is 0.0741. The van der Waals surface area contributed by atoms with Crippen molar-refractivity contribution in [2.45, 2.75) is 26.7 Å². The first-order chi connectivity index (χ1) is 29.0. The highest BCUT2D eigenvalue weighted by Gasteiger charge is 2.25. The summed E-state index contributed by atoms with van der Waals surface area (Å²) in [6.07, 6.45) is 4.16. The van der Waals surface area contributed by atoms with Gasteiger partial charge in [0.05, 0.1) is 16.7 Å². The number of hydrogen-bond donors (Lipinski definition) is 0. The van der Waals surface area contributed by atoms with E-state index < -0.39 is 0 Å². The molecule has 59 heavy (non-hydrogen) atoms. The molecule has 0 N–H and O–H groups in total. The highest BCUT2D eigenvalue weighted by molar-refractivity contribution is 6.11. The Balaban J connectivity index is 1.06. The third-order valence-electron chi connectivity index (χ3n) is 11.2. The standard InChI is InChI=1S/C54H43N4O/c1-37(2)48-32-38(3)28-31-49(48)55-35-56-50-25-11-10-22-46(50)47-30-29-43(34-53(47)56)59-42-21-14-20-41(33-42)57-36-58(52-27-13-12-26-51(52)57)54-44(39-16-6-4-7-17-39)23-15-24-45(54)40-18-8-5-9-19-40/h4-37H,1-3H3/q+1. The molecule has 284 valence electrons. The molecule has 10 aromatic rings. The molecule has 0 saturated carbocycles. The first-order valence-corrected chi connectivity index (χ1v) is 20.2. The molecule has 2 aromatic heterocycles. The zero-order valence-corrected chi connectivity index (χ0v) is 33.3. The van der Waals surface area contributed by atoms with Crippen molar-refractivity contribution in [1.82, 2.24) is 9.13 Å². The highest BCUT2D eigenvalue weighted by atomic mass is 16.5. The van der Waals surface area contributed by atoms with Crippen LogP contribution in [0.1, 0.15) is 30.9 Å². The van der Waals surface area contributed by atoms with Crippen LogP contribution in [-0.4, -0.2) is 15.5 Å². The molecular weight excluding hydrogens is 721 g/mol. The van der Waals surface area contributed by atoms with Gasteiger partial charge < -0.3 is 4.74 Å². The maximum atomic E-state index is 6.71. The van der Waals surface area contributed by atoms with Crippen molar-refractivity contribution >= 4 is 44.9 Å². The lowest BCUT2D eigenvalue weighted by Gasteiger charge is -2.13. The van der Waals surface area contributed by atoms with Crippen molar-refractivity contribution in [2.24, 2.45) is 4.99 Å². The van der Waals surface area contributed by atoms with Crippen molar-refractivity contribution in [1.29, 1.82) is 0 Å². The number of hydrogen-bond acceptors (Lipinski definition) is 2. The number of aliphatic imine (C=N–C) groups is 1. The van der Waals surface area contributed by atoms with Crippen LogP contribution in [-0.2, 0) is 0 Å². The number of imidazole rings is 1. The van der Waals surface area contributed by atoms with Gasteiger partial charge in [-0.2, -0.15) is 9.13 Å². The van der Waals surface area contributed by atoms with Gasteiger partial charge in [-0.25, -0.2) is 4.99 Å². The van der Waals surface area contributed by atoms with Crippen LogP contribution in [0.5, 0.6) is 11.5 Å². The van der Waals surface area contributed by atoms with Crippen molar-refractivity contribution in [3.8, 4) is 45.1 Å². The van der Waals surface area contributed by atoms with Gasteiger partial charge in [0, 0.05) is 34.0 Å². The Hall–Kier alpha value is -7.50. The lowest BCUT2D eigenvalue weighted by molar-refractivity contribution is -0.566. The molecule has 8 aromatic carbocycles. The molecule has 0 amide bonds. The summed E-state index contributed by atoms with van der Waals surface area (Å²) < 4.78 is 13.5. The summed E-state index contributed by atoms with van der Waals surface area (Å²) in [6.45, 7) is 6.57. The molecular formula is C54H43N4O+. The Morgan fingerprint density at radius 3 is 1.95 bits per heavy atom. The van der Waals surface area contributed by atoms with Crippen LogP contribution in [0.25, 0.3) is 66.5 Å². The van der Waals surface area contributed by atoms with Gasteiger partial charge in [0.2, 0.25) is 0 Å². The van der Waals surface area contributed by atoms with E-state index in [1.54, 1.807) is 0 Å². The molecule has 0 aliphatic heterocycles. The summed E-state index contributed by atoms with van der Waals surface area (Å²) in [7, 11) is 0. The Bertz CT molecular complexity index is 3120. The third-order valence-corrected chi connectivity index (χ3v) is 11.2. The van der Waals surface area contributed by atoms with E-state index in [1.807, 2.05) is 12.4 Å². The first kappa shape index (κ1) is 35.9. The molecule has 5 heteroatoms. The summed E-state index contributed by atoms with van der Waals surface area (Å²) >= 11 is 0. The fourth-order valence-corrected chi connectivity index (χ4v) is 8.37. The minimum atomic E-state index is 0.363. The first-order valence-electron chi connectivity index (χ1n) is 20.2. The van der Waals surface area contributed by atoms with Gasteiger partial charge in [0.15, 0.2) is 11.0 Å². The summed E-state index contributed by atoms with van der Waals surface area (Å²) in [5.41, 5.74) is 14.6. The van der Waals surface area contributed by atoms with Crippen LogP contribution >= 0.6 is 0 Å². The number of rotatable bonds is 9. The second kappa shape index (κ2) is 15.1. The number of nitrogens with zero attached hydrogens (tertiary/aromatic N) is 4. The Morgan fingerprint density at radius 1 is 0.559 bits per heavy atom. The number of para-hydroxylation sites is 4. The predicted molar refractivity (Wildman–Crippen MR) is 244 cm³/mol. The lowest BCUT2D eigenvalue weighted by Crippen LogP contribution is -2.30. The summed E-state index contributed by atoms with van der Waals surface area (Å²) in [4.78, 5) is 5.06. The van der Waals surface area contributed by atoms with E-state index in [9.17, 15) is 0 Å². The number of fused-ring (bicyclic) bond motifs is 4. The van der Waals surface area contributed by atoms with Crippen molar-refractivity contribution in [3.05, 3.63) is 206 Å². The summed E-state index contributed by atoms with van der Waals surface area (Å²) in [5, 5.41) is 2.32. The van der Waals surface area contributed by atoms with Crippen LogP contribution < -0.4 is 9.30 Å². The van der Waals surface area contributed by atoms with E-state index in [0.717, 1.165) is 78.3 Å². The molecule has 0 aliphatic carbocycles. The normalized spacial score (nSPS) is 11.7. The lowest BCUT2D eigenvalue weighted by atomic mass is 9.95. The molecule has 0 unspecified atom stereocenters. The van der Waals surface area contributed by atoms with Crippen molar-refractivity contribution < 1.29 is 9.30 Å². The minimum Gasteiger partial charge on any atom is -0.457 e. The quantitative estimate of drug-likeness (QED) is 0.0819. The van der Waals surface area contributed by atoms with Crippen LogP contribution in [0.4, 0.5) is 5.69 Å². The smallest absolute Gasteiger partial charge is 0.255 e. The number of aromatic nitrogens is 3. The number of aryl methyl sites for hydroxylation is 1. The summed E-state index contributed by atoms with van der Waals surface area (Å²) in [6, 6.07) is 66.1. The third kappa shape index (κ3) is 6.67. The number of ether oxygens (including phenoxy) is 1. The van der Waals surface area contributed by atoms with Crippen LogP contribution in [0, 0.1) is 6.92 Å². The van der Waals surface area contributed by atoms with Gasteiger partial charge in [-0.1, -0.05) is 147 Å². The molecule has 0 aliphatic rings. The summed E-state index contributed by atoms with van der Waals surface area (Å²) in [5.74, 6) is 1.86. The van der Waals surface area contributed by atoms with Gasteiger partial charge in [0.1, 0.15) is 29.2 Å². The van der Waals surface area contributed by atoms with Gasteiger partial charge >= 0.3 is 0 Å². The number of benzene rings is 8. The van der Waals surface area contributed by atoms with Crippen LogP contribution in [0.15, 0.2) is 199 Å². The molecule has 0 saturated heterocycles. The molecule has 2 heterocycles. The highest BCUT2D eigenvalue weighted by Crippen LogP contribution is 2.36. The molecule has 0 spiro atoms. The molecule has 0 atom stereocenters. The van der Waals surface area contributed by atoms with Gasteiger partial charge in [0.25, 0.3) is 6.33 Å². The van der Waals surface area contributed by atoms with E-state index in [1.165, 1.54) is 16.5 Å². The predicted octanol–water partition coefficient (Wildman–Crippen LogP) is 13.8. The second-order valence-electron chi connectivity index (χ2n) is 15.4. The average molecular weight is 764 g/mol. The monoisotopic (exact) mass is 763 g/mol. The van der Waals surface area contributed by atoms with Crippen molar-refractivity contribution in [2.75, 3.05) is 0 Å². The molecule has 0 radical (unpaired) electrons. The zero-order chi connectivity index (χ0) is 39.9. The van der Waals surface area contributed by atoms with E-state index in [-0.39, 0.29) is 0 Å². The van der Waals surface area contributed by atoms with Crippen LogP contribution in [0.3, 0.4) is 0 Å². The second-order valence-corrected chi connectivity index (χ2v) is 15.4. The molecule has 5 nitrogen and oxygen atoms in total. The van der Waals surface area contributed by atoms with E-state index in [2.05, 4.69) is 223 Å². The van der Waals surface area contributed by atoms with Crippen LogP contribution in [0.2, 0.25) is 0 Å². The van der Waals surface area contributed by atoms with Gasteiger partial charge in [-0.15, -0.1) is 0 Å². The minimum absolute atomic E-state index is 0.363. The molecule has 10 rings (SSSR count). The Kier molecular flexibility index (Phi) is 9.19. The maximum absolute atomic E-state index is 6.71. The Morgan fingerprint density at radius 2 is 1.20 bits per heavy atom. The van der Waals surface area contributed by atoms with E-state index in [4.69, 9.17) is 9.73 Å². The molecule has 0 fully saturated rings. The van der Waals surface area contributed by atoms with Gasteiger partial charge in [-0.05, 0) is 78.1 Å².